The summed E-state index contributed by atoms with van der Waals surface area (Å²) < 4.78 is 5.58. The maximum atomic E-state index is 11.9. The molecule has 1 amide bonds. The van der Waals surface area contributed by atoms with Gasteiger partial charge < -0.3 is 15.0 Å². The van der Waals surface area contributed by atoms with Gasteiger partial charge >= 0.3 is 0 Å². The highest BCUT2D eigenvalue weighted by Crippen LogP contribution is 2.18. The lowest BCUT2D eigenvalue weighted by molar-refractivity contribution is -0.135. The van der Waals surface area contributed by atoms with E-state index in [4.69, 9.17) is 4.74 Å². The third kappa shape index (κ3) is 4.18. The van der Waals surface area contributed by atoms with Gasteiger partial charge in [-0.1, -0.05) is 13.8 Å². The van der Waals surface area contributed by atoms with Crippen molar-refractivity contribution in [1.29, 1.82) is 0 Å². The zero-order valence-electron chi connectivity index (χ0n) is 12.5. The molecule has 2 heterocycles. The molecule has 2 atom stereocenters. The van der Waals surface area contributed by atoms with Gasteiger partial charge in [-0.15, -0.1) is 0 Å². The number of carbonyl (C=O) groups is 1. The van der Waals surface area contributed by atoms with Crippen LogP contribution in [-0.4, -0.2) is 48.7 Å². The minimum atomic E-state index is 0.126. The van der Waals surface area contributed by atoms with Crippen molar-refractivity contribution in [3.05, 3.63) is 0 Å². The Balaban J connectivity index is 1.72. The molecule has 2 aliphatic rings. The number of piperidine rings is 1. The summed E-state index contributed by atoms with van der Waals surface area (Å²) in [7, 11) is 0. The van der Waals surface area contributed by atoms with Gasteiger partial charge in [-0.25, -0.2) is 0 Å². The van der Waals surface area contributed by atoms with Crippen molar-refractivity contribution in [3.63, 3.8) is 0 Å². The zero-order chi connectivity index (χ0) is 13.8. The molecular weight excluding hydrogens is 240 g/mol. The largest absolute Gasteiger partial charge is 0.378 e. The van der Waals surface area contributed by atoms with E-state index < -0.39 is 0 Å². The highest BCUT2D eigenvalue weighted by molar-refractivity contribution is 5.78. The number of hydrogen-bond donors (Lipinski definition) is 1. The van der Waals surface area contributed by atoms with E-state index >= 15 is 0 Å². The topological polar surface area (TPSA) is 41.6 Å². The van der Waals surface area contributed by atoms with Crippen molar-refractivity contribution in [3.8, 4) is 0 Å². The van der Waals surface area contributed by atoms with Gasteiger partial charge in [0.15, 0.2) is 0 Å². The lowest BCUT2D eigenvalue weighted by Crippen LogP contribution is -2.50. The molecule has 0 aromatic carbocycles. The second-order valence-corrected chi connectivity index (χ2v) is 6.32. The summed E-state index contributed by atoms with van der Waals surface area (Å²) in [5, 5.41) is 3.76. The molecule has 0 saturated carbocycles. The lowest BCUT2D eigenvalue weighted by Gasteiger charge is -2.37. The van der Waals surface area contributed by atoms with Crippen molar-refractivity contribution in [2.24, 2.45) is 5.92 Å². The minimum absolute atomic E-state index is 0.126. The third-order valence-corrected chi connectivity index (χ3v) is 4.26. The Hall–Kier alpha value is -0.610. The van der Waals surface area contributed by atoms with Crippen LogP contribution in [0.3, 0.4) is 0 Å². The summed E-state index contributed by atoms with van der Waals surface area (Å²) >= 11 is 0. The molecular formula is C15H28N2O2. The second kappa shape index (κ2) is 6.71. The molecule has 2 unspecified atom stereocenters. The predicted molar refractivity (Wildman–Crippen MR) is 76.0 cm³/mol. The molecule has 19 heavy (non-hydrogen) atoms. The molecule has 2 aliphatic heterocycles. The average Bonchev–Trinajstić information content (AvgIpc) is 2.39. The smallest absolute Gasteiger partial charge is 0.225 e. The Kier molecular flexibility index (Phi) is 5.22. The first-order valence-corrected chi connectivity index (χ1v) is 7.72. The van der Waals surface area contributed by atoms with Crippen LogP contribution < -0.4 is 5.32 Å². The quantitative estimate of drug-likeness (QED) is 0.848. The summed E-state index contributed by atoms with van der Waals surface area (Å²) in [6, 6.07) is 1.17. The van der Waals surface area contributed by atoms with E-state index in [0.29, 0.717) is 24.1 Å². The van der Waals surface area contributed by atoms with E-state index in [0.717, 1.165) is 45.4 Å². The highest BCUT2D eigenvalue weighted by atomic mass is 16.5. The van der Waals surface area contributed by atoms with Gasteiger partial charge in [0, 0.05) is 37.7 Å². The number of rotatable bonds is 3. The van der Waals surface area contributed by atoms with Crippen LogP contribution >= 0.6 is 0 Å². The first kappa shape index (κ1) is 14.8. The lowest BCUT2D eigenvalue weighted by atomic mass is 9.98. The van der Waals surface area contributed by atoms with Gasteiger partial charge in [-0.2, -0.15) is 0 Å². The molecule has 4 nitrogen and oxygen atoms in total. The summed E-state index contributed by atoms with van der Waals surface area (Å²) in [5.74, 6) is 0.430. The molecule has 2 fully saturated rings. The molecule has 4 heteroatoms. The fourth-order valence-corrected chi connectivity index (χ4v) is 3.11. The standard InChI is InChI=1S/C15H28N2O2/c1-11(2)15(18)17-7-4-13(5-8-17)16-14-6-9-19-12(3)10-14/h11-14,16H,4-10H2,1-3H3. The van der Waals surface area contributed by atoms with E-state index in [-0.39, 0.29) is 5.92 Å². The summed E-state index contributed by atoms with van der Waals surface area (Å²) in [6.07, 6.45) is 4.79. The van der Waals surface area contributed by atoms with Crippen molar-refractivity contribution in [2.45, 2.75) is 64.6 Å². The van der Waals surface area contributed by atoms with Crippen LogP contribution in [0.1, 0.15) is 46.5 Å². The number of nitrogens with zero attached hydrogens (tertiary/aromatic N) is 1. The van der Waals surface area contributed by atoms with Gasteiger partial charge in [-0.3, -0.25) is 4.79 Å². The molecule has 0 aromatic heterocycles. The average molecular weight is 268 g/mol. The van der Waals surface area contributed by atoms with E-state index in [1.54, 1.807) is 0 Å². The summed E-state index contributed by atoms with van der Waals surface area (Å²) in [6.45, 7) is 8.81. The Morgan fingerprint density at radius 2 is 1.89 bits per heavy atom. The van der Waals surface area contributed by atoms with Gasteiger partial charge in [0.1, 0.15) is 0 Å². The third-order valence-electron chi connectivity index (χ3n) is 4.26. The molecule has 1 N–H and O–H groups in total. The number of hydrogen-bond acceptors (Lipinski definition) is 3. The molecule has 0 aromatic rings. The van der Waals surface area contributed by atoms with Crippen LogP contribution in [0.4, 0.5) is 0 Å². The maximum absolute atomic E-state index is 11.9. The van der Waals surface area contributed by atoms with Crippen LogP contribution in [0.25, 0.3) is 0 Å². The minimum Gasteiger partial charge on any atom is -0.378 e. The van der Waals surface area contributed by atoms with E-state index in [1.165, 1.54) is 0 Å². The van der Waals surface area contributed by atoms with Crippen LogP contribution in [0, 0.1) is 5.92 Å². The Morgan fingerprint density at radius 3 is 2.47 bits per heavy atom. The number of carbonyl (C=O) groups excluding carboxylic acids is 1. The molecule has 0 radical (unpaired) electrons. The number of amides is 1. The summed E-state index contributed by atoms with van der Waals surface area (Å²) in [5.41, 5.74) is 0. The van der Waals surface area contributed by atoms with E-state index in [9.17, 15) is 4.79 Å². The monoisotopic (exact) mass is 268 g/mol. The molecule has 0 bridgehead atoms. The zero-order valence-corrected chi connectivity index (χ0v) is 12.5. The van der Waals surface area contributed by atoms with Crippen LogP contribution in [0.2, 0.25) is 0 Å². The van der Waals surface area contributed by atoms with Crippen molar-refractivity contribution in [1.82, 2.24) is 10.2 Å². The van der Waals surface area contributed by atoms with Crippen molar-refractivity contribution in [2.75, 3.05) is 19.7 Å². The maximum Gasteiger partial charge on any atom is 0.225 e. The second-order valence-electron chi connectivity index (χ2n) is 6.32. The first-order valence-electron chi connectivity index (χ1n) is 7.72. The molecule has 0 aliphatic carbocycles. The Morgan fingerprint density at radius 1 is 1.21 bits per heavy atom. The van der Waals surface area contributed by atoms with Crippen molar-refractivity contribution < 1.29 is 9.53 Å². The van der Waals surface area contributed by atoms with Crippen LogP contribution in [0.15, 0.2) is 0 Å². The van der Waals surface area contributed by atoms with Gasteiger partial charge in [0.25, 0.3) is 0 Å². The molecule has 0 spiro atoms. The molecule has 2 saturated heterocycles. The van der Waals surface area contributed by atoms with Gasteiger partial charge in [0.05, 0.1) is 6.10 Å². The van der Waals surface area contributed by atoms with Crippen molar-refractivity contribution >= 4 is 5.91 Å². The SMILES string of the molecule is CC1CC(NC2CCN(C(=O)C(C)C)CC2)CCO1. The molecule has 2 rings (SSSR count). The first-order chi connectivity index (χ1) is 9.06. The van der Waals surface area contributed by atoms with E-state index in [2.05, 4.69) is 12.2 Å². The molecule has 110 valence electrons. The predicted octanol–water partition coefficient (Wildman–Crippen LogP) is 1.79. The highest BCUT2D eigenvalue weighted by Gasteiger charge is 2.27. The normalized spacial score (nSPS) is 29.8. The fourth-order valence-electron chi connectivity index (χ4n) is 3.11. The Bertz CT molecular complexity index is 299. The Labute approximate surface area is 116 Å². The summed E-state index contributed by atoms with van der Waals surface area (Å²) in [4.78, 5) is 13.9. The fraction of sp³-hybridized carbons (Fsp3) is 0.933. The van der Waals surface area contributed by atoms with E-state index in [1.807, 2.05) is 18.7 Å². The number of nitrogens with one attached hydrogen (secondary N) is 1. The van der Waals surface area contributed by atoms with Gasteiger partial charge in [0.2, 0.25) is 5.91 Å². The van der Waals surface area contributed by atoms with Crippen LogP contribution in [0.5, 0.6) is 0 Å². The van der Waals surface area contributed by atoms with Crippen LogP contribution in [-0.2, 0) is 9.53 Å². The number of likely N-dealkylation sites (tertiary alicyclic amines) is 1. The number of ether oxygens (including phenoxy) is 1. The van der Waals surface area contributed by atoms with Gasteiger partial charge in [-0.05, 0) is 32.6 Å².